The zero-order valence-electron chi connectivity index (χ0n) is 12.5. The Morgan fingerprint density at radius 2 is 2.20 bits per heavy atom. The minimum Gasteiger partial charge on any atom is -0.496 e. The molecule has 1 aromatic heterocycles. The summed E-state index contributed by atoms with van der Waals surface area (Å²) in [6, 6.07) is 6.37. The smallest absolute Gasteiger partial charge is 0.123 e. The lowest BCUT2D eigenvalue weighted by Gasteiger charge is -2.13. The van der Waals surface area contributed by atoms with E-state index in [1.54, 1.807) is 7.11 Å². The molecule has 0 spiro atoms. The van der Waals surface area contributed by atoms with Crippen molar-refractivity contribution in [2.45, 2.75) is 33.4 Å². The van der Waals surface area contributed by atoms with Gasteiger partial charge in [-0.3, -0.25) is 0 Å². The second-order valence-electron chi connectivity index (χ2n) is 4.93. The predicted molar refractivity (Wildman–Crippen MR) is 81.1 cm³/mol. The Morgan fingerprint density at radius 3 is 2.85 bits per heavy atom. The van der Waals surface area contributed by atoms with Crippen molar-refractivity contribution >= 4 is 0 Å². The Morgan fingerprint density at radius 1 is 1.35 bits per heavy atom. The fraction of sp³-hybridized carbons (Fsp3) is 0.438. The lowest BCUT2D eigenvalue weighted by atomic mass is 10.1. The number of aromatic nitrogens is 2. The van der Waals surface area contributed by atoms with Crippen LogP contribution in [-0.2, 0) is 13.1 Å². The van der Waals surface area contributed by atoms with E-state index in [0.717, 1.165) is 37.6 Å². The summed E-state index contributed by atoms with van der Waals surface area (Å²) in [6.07, 6.45) is 4.97. The third-order valence-corrected chi connectivity index (χ3v) is 3.37. The van der Waals surface area contributed by atoms with Gasteiger partial charge < -0.3 is 14.6 Å². The maximum absolute atomic E-state index is 5.46. The summed E-state index contributed by atoms with van der Waals surface area (Å²) < 4.78 is 7.59. The molecule has 0 radical (unpaired) electrons. The molecule has 2 rings (SSSR count). The Labute approximate surface area is 120 Å². The standard InChI is InChI=1S/C16H23N3O/c1-4-7-17-11-14-5-6-16(20-3)15(10-14)12-19-9-8-18-13(19)2/h5-6,8-10,17H,4,7,11-12H2,1-3H3. The summed E-state index contributed by atoms with van der Waals surface area (Å²) in [5.41, 5.74) is 2.47. The predicted octanol–water partition coefficient (Wildman–Crippen LogP) is 2.75. The highest BCUT2D eigenvalue weighted by atomic mass is 16.5. The molecule has 0 amide bonds. The van der Waals surface area contributed by atoms with Crippen LogP contribution in [0.1, 0.15) is 30.3 Å². The SMILES string of the molecule is CCCNCc1ccc(OC)c(Cn2ccnc2C)c1. The van der Waals surface area contributed by atoms with Gasteiger partial charge in [-0.15, -0.1) is 0 Å². The topological polar surface area (TPSA) is 39.1 Å². The second-order valence-corrected chi connectivity index (χ2v) is 4.93. The number of methoxy groups -OCH3 is 1. The summed E-state index contributed by atoms with van der Waals surface area (Å²) in [5.74, 6) is 1.94. The molecule has 0 atom stereocenters. The summed E-state index contributed by atoms with van der Waals surface area (Å²) >= 11 is 0. The van der Waals surface area contributed by atoms with Crippen LogP contribution in [0.3, 0.4) is 0 Å². The number of imidazole rings is 1. The van der Waals surface area contributed by atoms with Crippen molar-refractivity contribution in [1.29, 1.82) is 0 Å². The highest BCUT2D eigenvalue weighted by Gasteiger charge is 2.07. The van der Waals surface area contributed by atoms with Gasteiger partial charge in [-0.05, 0) is 37.6 Å². The van der Waals surface area contributed by atoms with E-state index in [9.17, 15) is 0 Å². The highest BCUT2D eigenvalue weighted by molar-refractivity contribution is 5.37. The fourth-order valence-corrected chi connectivity index (χ4v) is 2.23. The molecule has 0 aliphatic rings. The van der Waals surface area contributed by atoms with E-state index in [0.29, 0.717) is 0 Å². The average molecular weight is 273 g/mol. The van der Waals surface area contributed by atoms with Crippen LogP contribution < -0.4 is 10.1 Å². The molecule has 0 saturated heterocycles. The van der Waals surface area contributed by atoms with Crippen LogP contribution >= 0.6 is 0 Å². The van der Waals surface area contributed by atoms with Crippen LogP contribution in [0.2, 0.25) is 0 Å². The zero-order valence-corrected chi connectivity index (χ0v) is 12.5. The molecule has 0 bridgehead atoms. The van der Waals surface area contributed by atoms with Gasteiger partial charge in [0, 0.05) is 24.5 Å². The third-order valence-electron chi connectivity index (χ3n) is 3.37. The number of ether oxygens (including phenoxy) is 1. The number of benzene rings is 1. The number of nitrogens with zero attached hydrogens (tertiary/aromatic N) is 2. The van der Waals surface area contributed by atoms with Crippen LogP contribution in [0.5, 0.6) is 5.75 Å². The van der Waals surface area contributed by atoms with Gasteiger partial charge >= 0.3 is 0 Å². The van der Waals surface area contributed by atoms with Gasteiger partial charge in [0.1, 0.15) is 11.6 Å². The number of hydrogen-bond acceptors (Lipinski definition) is 3. The van der Waals surface area contributed by atoms with Gasteiger partial charge in [0.2, 0.25) is 0 Å². The Kier molecular flexibility index (Phi) is 5.18. The van der Waals surface area contributed by atoms with E-state index in [-0.39, 0.29) is 0 Å². The lowest BCUT2D eigenvalue weighted by molar-refractivity contribution is 0.408. The number of rotatable bonds is 7. The summed E-state index contributed by atoms with van der Waals surface area (Å²) in [4.78, 5) is 4.26. The molecule has 0 fully saturated rings. The van der Waals surface area contributed by atoms with Crippen molar-refractivity contribution in [1.82, 2.24) is 14.9 Å². The minimum absolute atomic E-state index is 0.788. The van der Waals surface area contributed by atoms with Crippen molar-refractivity contribution in [2.24, 2.45) is 0 Å². The van der Waals surface area contributed by atoms with Crippen LogP contribution in [0.15, 0.2) is 30.6 Å². The molecule has 1 N–H and O–H groups in total. The lowest BCUT2D eigenvalue weighted by Crippen LogP contribution is -2.14. The van der Waals surface area contributed by atoms with Gasteiger partial charge in [-0.2, -0.15) is 0 Å². The molecule has 0 aliphatic carbocycles. The molecule has 108 valence electrons. The minimum atomic E-state index is 0.788. The second kappa shape index (κ2) is 7.10. The molecule has 1 aromatic carbocycles. The fourth-order valence-electron chi connectivity index (χ4n) is 2.23. The van der Waals surface area contributed by atoms with Gasteiger partial charge in [-0.1, -0.05) is 13.0 Å². The van der Waals surface area contributed by atoms with Crippen LogP contribution in [0, 0.1) is 6.92 Å². The van der Waals surface area contributed by atoms with E-state index >= 15 is 0 Å². The first-order valence-electron chi connectivity index (χ1n) is 7.08. The normalized spacial score (nSPS) is 10.8. The average Bonchev–Trinajstić information content (AvgIpc) is 2.85. The summed E-state index contributed by atoms with van der Waals surface area (Å²) in [7, 11) is 1.72. The van der Waals surface area contributed by atoms with E-state index in [2.05, 4.69) is 33.9 Å². The van der Waals surface area contributed by atoms with Crippen molar-refractivity contribution in [2.75, 3.05) is 13.7 Å². The Bertz CT molecular complexity index is 548. The first kappa shape index (κ1) is 14.6. The Hall–Kier alpha value is -1.81. The molecule has 0 unspecified atom stereocenters. The number of hydrogen-bond donors (Lipinski definition) is 1. The van der Waals surface area contributed by atoms with E-state index in [4.69, 9.17) is 4.74 Å². The first-order valence-corrected chi connectivity index (χ1v) is 7.08. The molecular formula is C16H23N3O. The molecule has 0 saturated carbocycles. The quantitative estimate of drug-likeness (QED) is 0.788. The van der Waals surface area contributed by atoms with Crippen molar-refractivity contribution in [3.8, 4) is 5.75 Å². The van der Waals surface area contributed by atoms with Crippen LogP contribution in [-0.4, -0.2) is 23.2 Å². The molecule has 4 nitrogen and oxygen atoms in total. The zero-order chi connectivity index (χ0) is 14.4. The van der Waals surface area contributed by atoms with Gasteiger partial charge in [0.15, 0.2) is 0 Å². The molecular weight excluding hydrogens is 250 g/mol. The van der Waals surface area contributed by atoms with Crippen molar-refractivity contribution in [3.63, 3.8) is 0 Å². The molecule has 20 heavy (non-hydrogen) atoms. The monoisotopic (exact) mass is 273 g/mol. The van der Waals surface area contributed by atoms with Crippen molar-refractivity contribution < 1.29 is 4.74 Å². The summed E-state index contributed by atoms with van der Waals surface area (Å²) in [6.45, 7) is 6.92. The van der Waals surface area contributed by atoms with Gasteiger partial charge in [0.05, 0.1) is 13.7 Å². The Balaban J connectivity index is 2.16. The largest absolute Gasteiger partial charge is 0.496 e. The molecule has 2 aromatic rings. The van der Waals surface area contributed by atoms with Gasteiger partial charge in [-0.25, -0.2) is 4.98 Å². The van der Waals surface area contributed by atoms with Crippen molar-refractivity contribution in [3.05, 3.63) is 47.5 Å². The molecule has 0 aliphatic heterocycles. The van der Waals surface area contributed by atoms with Gasteiger partial charge in [0.25, 0.3) is 0 Å². The molecule has 1 heterocycles. The highest BCUT2D eigenvalue weighted by Crippen LogP contribution is 2.21. The number of nitrogens with one attached hydrogen (secondary N) is 1. The maximum atomic E-state index is 5.46. The first-order chi connectivity index (χ1) is 9.74. The van der Waals surface area contributed by atoms with E-state index < -0.39 is 0 Å². The van der Waals surface area contributed by atoms with Crippen LogP contribution in [0.25, 0.3) is 0 Å². The van der Waals surface area contributed by atoms with E-state index in [1.807, 2.05) is 25.4 Å². The number of aryl methyl sites for hydroxylation is 1. The third kappa shape index (κ3) is 3.61. The van der Waals surface area contributed by atoms with E-state index in [1.165, 1.54) is 11.1 Å². The maximum Gasteiger partial charge on any atom is 0.123 e. The molecule has 4 heteroatoms. The summed E-state index contributed by atoms with van der Waals surface area (Å²) in [5, 5.41) is 3.43. The van der Waals surface area contributed by atoms with Crippen LogP contribution in [0.4, 0.5) is 0 Å².